The van der Waals surface area contributed by atoms with Crippen LogP contribution in [-0.2, 0) is 13.3 Å². The van der Waals surface area contributed by atoms with Gasteiger partial charge in [-0.2, -0.15) is 0 Å². The highest BCUT2D eigenvalue weighted by molar-refractivity contribution is 6.69. The monoisotopic (exact) mass is 336 g/mol. The largest absolute Gasteiger partial charge is 0.532 e. The van der Waals surface area contributed by atoms with Gasteiger partial charge >= 0.3 is 8.80 Å². The summed E-state index contributed by atoms with van der Waals surface area (Å²) in [5, 5.41) is 1.30. The maximum Gasteiger partial charge on any atom is 0.532 e. The molecule has 2 rings (SSSR count). The maximum atomic E-state index is 6.01. The second-order valence-corrected chi connectivity index (χ2v) is 8.14. The Bertz CT molecular complexity index is 371. The molecule has 1 aromatic rings. The molecule has 0 bridgehead atoms. The van der Waals surface area contributed by atoms with Crippen molar-refractivity contribution in [3.05, 3.63) is 47.7 Å². The molecule has 130 valence electrons. The van der Waals surface area contributed by atoms with Crippen LogP contribution in [0.4, 0.5) is 0 Å². The van der Waals surface area contributed by atoms with E-state index in [0.717, 1.165) is 51.9 Å². The van der Waals surface area contributed by atoms with Gasteiger partial charge in [0, 0.05) is 19.8 Å². The van der Waals surface area contributed by atoms with Crippen molar-refractivity contribution in [3.8, 4) is 0 Å². The molecule has 4 heteroatoms. The van der Waals surface area contributed by atoms with Gasteiger partial charge in [0.1, 0.15) is 0 Å². The van der Waals surface area contributed by atoms with E-state index in [-0.39, 0.29) is 0 Å². The van der Waals surface area contributed by atoms with Gasteiger partial charge in [0.05, 0.1) is 0 Å². The minimum atomic E-state index is -2.51. The summed E-state index contributed by atoms with van der Waals surface area (Å²) in [6.07, 6.45) is 7.48. The fourth-order valence-corrected chi connectivity index (χ4v) is 5.13. The summed E-state index contributed by atoms with van der Waals surface area (Å²) in [7, 11) is -2.51. The molecule has 0 spiro atoms. The number of rotatable bonds is 10. The molecular weight excluding hydrogens is 304 g/mol. The Morgan fingerprint density at radius 3 is 1.30 bits per heavy atom. The number of hydrogen-bond acceptors (Lipinski definition) is 3. The second-order valence-electron chi connectivity index (χ2n) is 5.52. The highest BCUT2D eigenvalue weighted by Gasteiger charge is 2.47. The Kier molecular flexibility index (Phi) is 10.9. The SMILES string of the molecule is CCCO[Si](OCCC)(OCCC)C1=CCC1.c1ccccc1. The van der Waals surface area contributed by atoms with Crippen LogP contribution < -0.4 is 0 Å². The highest BCUT2D eigenvalue weighted by Crippen LogP contribution is 2.31. The van der Waals surface area contributed by atoms with Gasteiger partial charge in [-0.05, 0) is 37.3 Å². The van der Waals surface area contributed by atoms with Crippen LogP contribution in [0.1, 0.15) is 52.9 Å². The predicted molar refractivity (Wildman–Crippen MR) is 98.2 cm³/mol. The Balaban J connectivity index is 0.000000366. The molecule has 0 N–H and O–H groups in total. The van der Waals surface area contributed by atoms with Crippen LogP contribution in [0.25, 0.3) is 0 Å². The summed E-state index contributed by atoms with van der Waals surface area (Å²) in [6.45, 7) is 8.56. The molecule has 0 radical (unpaired) electrons. The minimum Gasteiger partial charge on any atom is -0.370 e. The zero-order valence-electron chi connectivity index (χ0n) is 14.9. The fourth-order valence-electron chi connectivity index (χ4n) is 2.06. The Labute approximate surface area is 143 Å². The van der Waals surface area contributed by atoms with Crippen molar-refractivity contribution in [3.63, 3.8) is 0 Å². The normalized spacial score (nSPS) is 13.6. The molecule has 1 aromatic carbocycles. The maximum absolute atomic E-state index is 6.01. The van der Waals surface area contributed by atoms with Crippen molar-refractivity contribution < 1.29 is 13.3 Å². The van der Waals surface area contributed by atoms with E-state index in [4.69, 9.17) is 13.3 Å². The average molecular weight is 337 g/mol. The number of allylic oxidation sites excluding steroid dienone is 2. The molecule has 0 aromatic heterocycles. The summed E-state index contributed by atoms with van der Waals surface area (Å²) in [6, 6.07) is 12.0. The smallest absolute Gasteiger partial charge is 0.370 e. The molecule has 0 saturated heterocycles. The first kappa shape index (κ1) is 20.1. The van der Waals surface area contributed by atoms with Gasteiger partial charge in [-0.1, -0.05) is 63.2 Å². The van der Waals surface area contributed by atoms with E-state index in [9.17, 15) is 0 Å². The third-order valence-corrected chi connectivity index (χ3v) is 6.35. The minimum absolute atomic E-state index is 0.733. The molecule has 1 aliphatic rings. The number of hydrogen-bond donors (Lipinski definition) is 0. The van der Waals surface area contributed by atoms with Crippen LogP contribution in [0.15, 0.2) is 47.7 Å². The van der Waals surface area contributed by atoms with Crippen molar-refractivity contribution in [2.24, 2.45) is 0 Å². The standard InChI is InChI=1S/C13H26O3Si.C6H6/c1-4-10-14-17(15-11-5-2,16-12-6-3)13-8-7-9-13;1-2-4-6-5-3-1/h8H,4-7,9-12H2,1-3H3;1-6H. The molecule has 0 aliphatic heterocycles. The molecule has 0 amide bonds. The van der Waals surface area contributed by atoms with Crippen molar-refractivity contribution >= 4 is 8.80 Å². The van der Waals surface area contributed by atoms with E-state index >= 15 is 0 Å². The molecule has 3 nitrogen and oxygen atoms in total. The fraction of sp³-hybridized carbons (Fsp3) is 0.579. The lowest BCUT2D eigenvalue weighted by molar-refractivity contribution is 0.0663. The van der Waals surface area contributed by atoms with Crippen LogP contribution in [0.3, 0.4) is 0 Å². The van der Waals surface area contributed by atoms with E-state index in [2.05, 4.69) is 26.8 Å². The first-order valence-electron chi connectivity index (χ1n) is 8.90. The molecule has 1 aliphatic carbocycles. The number of benzene rings is 1. The second kappa shape index (κ2) is 12.5. The van der Waals surface area contributed by atoms with Crippen molar-refractivity contribution in [2.75, 3.05) is 19.8 Å². The first-order valence-corrected chi connectivity index (χ1v) is 10.6. The zero-order valence-corrected chi connectivity index (χ0v) is 15.9. The van der Waals surface area contributed by atoms with Gasteiger partial charge in [-0.3, -0.25) is 0 Å². The summed E-state index contributed by atoms with van der Waals surface area (Å²) in [4.78, 5) is 0. The summed E-state index contributed by atoms with van der Waals surface area (Å²) < 4.78 is 18.0. The Hall–Kier alpha value is -0.943. The lowest BCUT2D eigenvalue weighted by Gasteiger charge is -2.34. The third-order valence-electron chi connectivity index (χ3n) is 3.35. The molecule has 0 heterocycles. The molecule has 0 atom stereocenters. The van der Waals surface area contributed by atoms with Crippen molar-refractivity contribution in [1.29, 1.82) is 0 Å². The summed E-state index contributed by atoms with van der Waals surface area (Å²) in [5.74, 6) is 0. The zero-order chi connectivity index (χ0) is 16.8. The molecule has 23 heavy (non-hydrogen) atoms. The molecule has 0 saturated carbocycles. The topological polar surface area (TPSA) is 27.7 Å². The average Bonchev–Trinajstić information content (AvgIpc) is 2.56. The van der Waals surface area contributed by atoms with Crippen molar-refractivity contribution in [1.82, 2.24) is 0 Å². The van der Waals surface area contributed by atoms with Gasteiger partial charge in [-0.25, -0.2) is 0 Å². The third kappa shape index (κ3) is 7.44. The predicted octanol–water partition coefficient (Wildman–Crippen LogP) is 5.15. The van der Waals surface area contributed by atoms with E-state index in [0.29, 0.717) is 0 Å². The van der Waals surface area contributed by atoms with E-state index in [1.807, 2.05) is 36.4 Å². The van der Waals surface area contributed by atoms with E-state index < -0.39 is 8.80 Å². The first-order chi connectivity index (χ1) is 11.3. The Morgan fingerprint density at radius 1 is 0.739 bits per heavy atom. The lowest BCUT2D eigenvalue weighted by atomic mass is 10.1. The lowest BCUT2D eigenvalue weighted by Crippen LogP contribution is -2.50. The van der Waals surface area contributed by atoms with Crippen LogP contribution in [-0.4, -0.2) is 28.6 Å². The summed E-state index contributed by atoms with van der Waals surface area (Å²) >= 11 is 0. The van der Waals surface area contributed by atoms with Gasteiger partial charge < -0.3 is 13.3 Å². The quantitative estimate of drug-likeness (QED) is 0.553. The molecular formula is C19H32O3Si. The van der Waals surface area contributed by atoms with Gasteiger partial charge in [0.15, 0.2) is 0 Å². The van der Waals surface area contributed by atoms with Crippen LogP contribution in [0.5, 0.6) is 0 Å². The Morgan fingerprint density at radius 2 is 1.09 bits per heavy atom. The summed E-state index contributed by atoms with van der Waals surface area (Å²) in [5.41, 5.74) is 0. The molecule has 0 fully saturated rings. The van der Waals surface area contributed by atoms with E-state index in [1.54, 1.807) is 0 Å². The van der Waals surface area contributed by atoms with E-state index in [1.165, 1.54) is 5.20 Å². The van der Waals surface area contributed by atoms with Gasteiger partial charge in [-0.15, -0.1) is 0 Å². The van der Waals surface area contributed by atoms with Crippen LogP contribution >= 0.6 is 0 Å². The van der Waals surface area contributed by atoms with Gasteiger partial charge in [0.25, 0.3) is 0 Å². The molecule has 0 unspecified atom stereocenters. The van der Waals surface area contributed by atoms with Gasteiger partial charge in [0.2, 0.25) is 0 Å². The highest BCUT2D eigenvalue weighted by atomic mass is 28.4. The van der Waals surface area contributed by atoms with Crippen LogP contribution in [0.2, 0.25) is 0 Å². The van der Waals surface area contributed by atoms with Crippen molar-refractivity contribution in [2.45, 2.75) is 52.9 Å². The van der Waals surface area contributed by atoms with Crippen LogP contribution in [0, 0.1) is 0 Å².